The summed E-state index contributed by atoms with van der Waals surface area (Å²) >= 11 is 0. The van der Waals surface area contributed by atoms with Gasteiger partial charge in [-0.3, -0.25) is 13.9 Å². The van der Waals surface area contributed by atoms with Crippen LogP contribution in [0.2, 0.25) is 0 Å². The van der Waals surface area contributed by atoms with Gasteiger partial charge in [-0.25, -0.2) is 8.42 Å². The summed E-state index contributed by atoms with van der Waals surface area (Å²) in [4.78, 5) is 28.5. The highest BCUT2D eigenvalue weighted by Gasteiger charge is 2.35. The van der Waals surface area contributed by atoms with E-state index in [0.717, 1.165) is 21.9 Å². The molecular formula is C29H35N3O4S. The first kappa shape index (κ1) is 26.7. The number of rotatable bonds is 10. The predicted molar refractivity (Wildman–Crippen MR) is 147 cm³/mol. The summed E-state index contributed by atoms with van der Waals surface area (Å²) in [6.45, 7) is 8.19. The van der Waals surface area contributed by atoms with Crippen molar-refractivity contribution in [1.29, 1.82) is 0 Å². The van der Waals surface area contributed by atoms with Crippen LogP contribution in [0.15, 0.2) is 65.6 Å². The number of nitrogens with one attached hydrogen (secondary N) is 1. The molecule has 2 amide bonds. The molecule has 3 aromatic rings. The molecule has 0 aliphatic carbocycles. The molecule has 1 N–H and O–H groups in total. The molecule has 8 heteroatoms. The molecule has 1 aliphatic heterocycles. The van der Waals surface area contributed by atoms with Crippen molar-refractivity contribution in [2.24, 2.45) is 0 Å². The average molecular weight is 522 g/mol. The second-order valence-electron chi connectivity index (χ2n) is 9.91. The van der Waals surface area contributed by atoms with Crippen molar-refractivity contribution in [3.05, 3.63) is 71.8 Å². The maximum Gasteiger partial charge on any atom is 0.265 e. The fourth-order valence-electron chi connectivity index (χ4n) is 4.91. The van der Waals surface area contributed by atoms with E-state index in [-0.39, 0.29) is 30.8 Å². The number of nitrogens with zero attached hydrogens (tertiary/aromatic N) is 2. The van der Waals surface area contributed by atoms with Crippen molar-refractivity contribution >= 4 is 38.3 Å². The van der Waals surface area contributed by atoms with Crippen LogP contribution in [-0.4, -0.2) is 43.8 Å². The molecule has 0 saturated heterocycles. The maximum atomic E-state index is 13.5. The molecule has 1 aliphatic rings. The van der Waals surface area contributed by atoms with Gasteiger partial charge < -0.3 is 10.2 Å². The second kappa shape index (κ2) is 10.9. The van der Waals surface area contributed by atoms with Crippen LogP contribution in [0.1, 0.15) is 51.2 Å². The molecule has 0 fully saturated rings. The van der Waals surface area contributed by atoms with Gasteiger partial charge in [0.05, 0.1) is 10.6 Å². The van der Waals surface area contributed by atoms with Crippen LogP contribution < -0.4 is 9.62 Å². The van der Waals surface area contributed by atoms with E-state index in [9.17, 15) is 18.0 Å². The van der Waals surface area contributed by atoms with E-state index in [2.05, 4.69) is 5.32 Å². The van der Waals surface area contributed by atoms with Gasteiger partial charge >= 0.3 is 0 Å². The number of hydrogen-bond donors (Lipinski definition) is 1. The number of hydrogen-bond acceptors (Lipinski definition) is 4. The third-order valence-corrected chi connectivity index (χ3v) is 8.58. The topological polar surface area (TPSA) is 86.8 Å². The van der Waals surface area contributed by atoms with Gasteiger partial charge in [0.1, 0.15) is 6.04 Å². The van der Waals surface area contributed by atoms with Crippen LogP contribution in [0, 0.1) is 6.92 Å². The Labute approximate surface area is 219 Å². The molecule has 3 aromatic carbocycles. The first-order valence-corrected chi connectivity index (χ1v) is 14.3. The minimum atomic E-state index is -3.67. The number of sulfonamides is 1. The molecule has 196 valence electrons. The number of carbonyl (C=O) groups is 2. The summed E-state index contributed by atoms with van der Waals surface area (Å²) in [5.41, 5.74) is 2.72. The van der Waals surface area contributed by atoms with Gasteiger partial charge in [0.2, 0.25) is 11.8 Å². The molecular weight excluding hydrogens is 486 g/mol. The molecule has 1 atom stereocenters. The van der Waals surface area contributed by atoms with Gasteiger partial charge in [-0.1, -0.05) is 61.0 Å². The largest absolute Gasteiger partial charge is 0.352 e. The lowest BCUT2D eigenvalue weighted by Gasteiger charge is -2.31. The maximum absolute atomic E-state index is 13.5. The van der Waals surface area contributed by atoms with E-state index >= 15 is 0 Å². The van der Waals surface area contributed by atoms with Crippen LogP contribution in [-0.2, 0) is 26.2 Å². The third-order valence-electron chi connectivity index (χ3n) is 6.72. The lowest BCUT2D eigenvalue weighted by Crippen LogP contribution is -2.50. The van der Waals surface area contributed by atoms with Crippen molar-refractivity contribution in [2.45, 2.75) is 70.5 Å². The molecule has 7 nitrogen and oxygen atoms in total. The summed E-state index contributed by atoms with van der Waals surface area (Å²) in [5.74, 6) is -0.346. The monoisotopic (exact) mass is 521 g/mol. The normalized spacial score (nSPS) is 14.7. The number of carbonyl (C=O) groups excluding carboxylic acids is 2. The van der Waals surface area contributed by atoms with Crippen LogP contribution in [0.5, 0.6) is 0 Å². The Morgan fingerprint density at radius 3 is 2.32 bits per heavy atom. The van der Waals surface area contributed by atoms with Gasteiger partial charge in [0, 0.05) is 30.9 Å². The standard InChI is InChI=1S/C29H35N3O4S/c1-5-24(29(34)30-20(2)3)31(19-22-16-14-21(4)15-17-22)27(33)13-8-18-32-25-11-6-9-23-10-7-12-26(28(23)25)37(32,35)36/h6-7,9-12,14-17,20,24H,5,8,13,18-19H2,1-4H3,(H,30,34). The van der Waals surface area contributed by atoms with E-state index in [1.807, 2.05) is 76.2 Å². The zero-order valence-corrected chi connectivity index (χ0v) is 22.7. The molecule has 1 heterocycles. The number of benzene rings is 3. The van der Waals surface area contributed by atoms with Crippen molar-refractivity contribution in [2.75, 3.05) is 10.8 Å². The fourth-order valence-corrected chi connectivity index (χ4v) is 6.66. The Kier molecular flexibility index (Phi) is 7.87. The molecule has 0 aromatic heterocycles. The number of aryl methyl sites for hydroxylation is 1. The highest BCUT2D eigenvalue weighted by Crippen LogP contribution is 2.42. The molecule has 4 rings (SSSR count). The first-order valence-electron chi connectivity index (χ1n) is 12.8. The smallest absolute Gasteiger partial charge is 0.265 e. The molecule has 37 heavy (non-hydrogen) atoms. The van der Waals surface area contributed by atoms with E-state index in [1.165, 1.54) is 4.31 Å². The Hall–Kier alpha value is -3.39. The molecule has 0 spiro atoms. The zero-order valence-electron chi connectivity index (χ0n) is 21.9. The van der Waals surface area contributed by atoms with Crippen LogP contribution in [0.3, 0.4) is 0 Å². The van der Waals surface area contributed by atoms with Gasteiger partial charge in [-0.15, -0.1) is 0 Å². The van der Waals surface area contributed by atoms with E-state index in [4.69, 9.17) is 0 Å². The molecule has 0 bridgehead atoms. The van der Waals surface area contributed by atoms with Crippen molar-refractivity contribution in [1.82, 2.24) is 10.2 Å². The second-order valence-corrected chi connectivity index (χ2v) is 11.7. The van der Waals surface area contributed by atoms with E-state index in [0.29, 0.717) is 30.0 Å². The Morgan fingerprint density at radius 1 is 1.00 bits per heavy atom. The summed E-state index contributed by atoms with van der Waals surface area (Å²) in [7, 11) is -3.67. The summed E-state index contributed by atoms with van der Waals surface area (Å²) in [5, 5.41) is 4.55. The van der Waals surface area contributed by atoms with E-state index in [1.54, 1.807) is 17.0 Å². The van der Waals surface area contributed by atoms with Crippen LogP contribution >= 0.6 is 0 Å². The molecule has 0 saturated carbocycles. The summed E-state index contributed by atoms with van der Waals surface area (Å²) in [6.07, 6.45) is 0.957. The van der Waals surface area contributed by atoms with Gasteiger partial charge in [0.15, 0.2) is 0 Å². The highest BCUT2D eigenvalue weighted by atomic mass is 32.2. The third kappa shape index (κ3) is 5.49. The SMILES string of the molecule is CCC(C(=O)NC(C)C)N(Cc1ccc(C)cc1)C(=O)CCCN1c2cccc3cccc(c23)S1(=O)=O. The Balaban J connectivity index is 1.52. The lowest BCUT2D eigenvalue weighted by molar-refractivity contribution is -0.141. The first-order chi connectivity index (χ1) is 17.6. The van der Waals surface area contributed by atoms with Gasteiger partial charge in [-0.2, -0.15) is 0 Å². The van der Waals surface area contributed by atoms with Gasteiger partial charge in [0.25, 0.3) is 10.0 Å². The minimum absolute atomic E-state index is 0.0393. The van der Waals surface area contributed by atoms with Crippen molar-refractivity contribution in [3.63, 3.8) is 0 Å². The lowest BCUT2D eigenvalue weighted by atomic mass is 10.1. The summed E-state index contributed by atoms with van der Waals surface area (Å²) in [6, 6.07) is 18.1. The highest BCUT2D eigenvalue weighted by molar-refractivity contribution is 7.93. The molecule has 0 radical (unpaired) electrons. The zero-order chi connectivity index (χ0) is 26.7. The average Bonchev–Trinajstić information content (AvgIpc) is 3.07. The van der Waals surface area contributed by atoms with Gasteiger partial charge in [-0.05, 0) is 56.7 Å². The van der Waals surface area contributed by atoms with Crippen molar-refractivity contribution < 1.29 is 18.0 Å². The summed E-state index contributed by atoms with van der Waals surface area (Å²) < 4.78 is 27.9. The fraction of sp³-hybridized carbons (Fsp3) is 0.379. The number of amides is 2. The Bertz CT molecular complexity index is 1400. The Morgan fingerprint density at radius 2 is 1.68 bits per heavy atom. The molecule has 1 unspecified atom stereocenters. The van der Waals surface area contributed by atoms with Crippen LogP contribution in [0.4, 0.5) is 5.69 Å². The van der Waals surface area contributed by atoms with Crippen molar-refractivity contribution in [3.8, 4) is 0 Å². The number of anilines is 1. The quantitative estimate of drug-likeness (QED) is 0.416. The van der Waals surface area contributed by atoms with Crippen LogP contribution in [0.25, 0.3) is 10.8 Å². The predicted octanol–water partition coefficient (Wildman–Crippen LogP) is 4.77. The van der Waals surface area contributed by atoms with E-state index < -0.39 is 16.1 Å². The minimum Gasteiger partial charge on any atom is -0.352 e.